The zero-order valence-corrected chi connectivity index (χ0v) is 41.5. The maximum atomic E-state index is 13.4. The van der Waals surface area contributed by atoms with Crippen LogP contribution in [0.4, 0.5) is 5.95 Å². The number of anilines is 1. The number of rotatable bonds is 17. The molecule has 0 spiro atoms. The van der Waals surface area contributed by atoms with Crippen LogP contribution in [0, 0.1) is 42.9 Å². The van der Waals surface area contributed by atoms with Gasteiger partial charge in [-0.25, -0.2) is 9.97 Å². The Balaban J connectivity index is 0.752. The molecule has 1 saturated heterocycles. The second kappa shape index (κ2) is 20.3. The Bertz CT molecular complexity index is 2690. The lowest BCUT2D eigenvalue weighted by atomic mass is 9.49. The molecule has 8 rings (SSSR count). The first kappa shape index (κ1) is 48.5. The number of fused-ring (bicyclic) bond motifs is 3. The lowest BCUT2D eigenvalue weighted by Crippen LogP contribution is -2.74. The van der Waals surface area contributed by atoms with Gasteiger partial charge in [0.2, 0.25) is 11.9 Å². The molecule has 5 aromatic rings. The average molecular weight is 964 g/mol. The first-order chi connectivity index (χ1) is 32.6. The van der Waals surface area contributed by atoms with E-state index in [1.165, 1.54) is 4.88 Å². The molecule has 1 saturated carbocycles. The van der Waals surface area contributed by atoms with Crippen molar-refractivity contribution < 1.29 is 28.5 Å². The third kappa shape index (κ3) is 9.96. The van der Waals surface area contributed by atoms with Crippen molar-refractivity contribution in [3.8, 4) is 22.6 Å². The molecule has 2 aliphatic heterocycles. The summed E-state index contributed by atoms with van der Waals surface area (Å²) in [6.07, 6.45) is 4.87. The predicted molar refractivity (Wildman–Crippen MR) is 261 cm³/mol. The molecule has 16 nitrogen and oxygen atoms in total. The maximum absolute atomic E-state index is 13.4. The highest BCUT2D eigenvalue weighted by Crippen LogP contribution is 2.55. The number of piperidine rings is 1. The lowest BCUT2D eigenvalue weighted by Gasteiger charge is -2.63. The number of aliphatic imine (C=N–C) groups is 1. The Hall–Kier alpha value is -5.93. The zero-order chi connectivity index (χ0) is 48.3. The van der Waals surface area contributed by atoms with Crippen molar-refractivity contribution in [2.75, 3.05) is 51.0 Å². The van der Waals surface area contributed by atoms with Crippen LogP contribution >= 0.6 is 22.9 Å². The number of carbonyl (C=O) groups excluding carboxylic acids is 2. The van der Waals surface area contributed by atoms with Crippen molar-refractivity contribution in [1.29, 1.82) is 5.26 Å². The molecular formula is C50H59ClN10O6S. The normalized spacial score (nSPS) is 19.4. The van der Waals surface area contributed by atoms with Gasteiger partial charge in [-0.3, -0.25) is 19.1 Å². The van der Waals surface area contributed by atoms with E-state index >= 15 is 0 Å². The molecule has 18 heteroatoms. The number of ether oxygens (including phenoxy) is 4. The smallest absolute Gasteiger partial charge is 0.254 e. The number of aryl methyl sites for hydroxylation is 2. The van der Waals surface area contributed by atoms with E-state index in [0.717, 1.165) is 64.9 Å². The topological polar surface area (TPSA) is 191 Å². The summed E-state index contributed by atoms with van der Waals surface area (Å²) < 4.78 is 26.4. The Kier molecular flexibility index (Phi) is 14.5. The molecule has 0 unspecified atom stereocenters. The van der Waals surface area contributed by atoms with Crippen LogP contribution in [0.15, 0.2) is 59.9 Å². The number of nitrogens with one attached hydrogen (secondary N) is 2. The van der Waals surface area contributed by atoms with E-state index in [9.17, 15) is 14.9 Å². The summed E-state index contributed by atoms with van der Waals surface area (Å²) in [6, 6.07) is 14.3. The van der Waals surface area contributed by atoms with E-state index in [1.807, 2.05) is 38.1 Å². The van der Waals surface area contributed by atoms with Crippen LogP contribution in [0.2, 0.25) is 5.02 Å². The lowest BCUT2D eigenvalue weighted by molar-refractivity contribution is -0.164. The van der Waals surface area contributed by atoms with Gasteiger partial charge in [0.05, 0.1) is 54.2 Å². The second-order valence-corrected chi connectivity index (χ2v) is 20.3. The molecule has 0 radical (unpaired) electrons. The van der Waals surface area contributed by atoms with Gasteiger partial charge in [0, 0.05) is 71.0 Å². The number of carbonyl (C=O) groups is 2. The van der Waals surface area contributed by atoms with Gasteiger partial charge in [-0.05, 0) is 82.5 Å². The van der Waals surface area contributed by atoms with Gasteiger partial charge in [0.15, 0.2) is 5.82 Å². The molecule has 0 bridgehead atoms. The predicted octanol–water partition coefficient (Wildman–Crippen LogP) is 7.68. The molecule has 358 valence electrons. The van der Waals surface area contributed by atoms with Gasteiger partial charge in [0.25, 0.3) is 5.91 Å². The van der Waals surface area contributed by atoms with E-state index in [-0.39, 0.29) is 36.5 Å². The number of nitrogens with zero attached hydrogens (tertiary/aromatic N) is 8. The highest BCUT2D eigenvalue weighted by molar-refractivity contribution is 7.15. The molecule has 1 aliphatic carbocycles. The third-order valence-electron chi connectivity index (χ3n) is 13.3. The van der Waals surface area contributed by atoms with E-state index in [2.05, 4.69) is 87.9 Å². The van der Waals surface area contributed by atoms with Crippen LogP contribution in [-0.2, 0) is 14.3 Å². The number of amides is 2. The highest BCUT2D eigenvalue weighted by Gasteiger charge is 2.64. The highest BCUT2D eigenvalue weighted by atomic mass is 35.5. The van der Waals surface area contributed by atoms with E-state index < -0.39 is 16.9 Å². The molecule has 2 amide bonds. The summed E-state index contributed by atoms with van der Waals surface area (Å²) in [5.41, 5.74) is 3.92. The van der Waals surface area contributed by atoms with E-state index in [0.29, 0.717) is 66.6 Å². The van der Waals surface area contributed by atoms with E-state index in [4.69, 9.17) is 35.5 Å². The van der Waals surface area contributed by atoms with Crippen LogP contribution in [0.3, 0.4) is 0 Å². The fourth-order valence-electron chi connectivity index (χ4n) is 9.91. The Morgan fingerprint density at radius 3 is 2.31 bits per heavy atom. The van der Waals surface area contributed by atoms with Crippen LogP contribution in [0.5, 0.6) is 11.5 Å². The fourth-order valence-corrected chi connectivity index (χ4v) is 11.3. The van der Waals surface area contributed by atoms with Crippen molar-refractivity contribution in [3.63, 3.8) is 0 Å². The first-order valence-corrected chi connectivity index (χ1v) is 24.3. The van der Waals surface area contributed by atoms with E-state index in [1.54, 1.807) is 41.9 Å². The van der Waals surface area contributed by atoms with Gasteiger partial charge in [-0.15, -0.1) is 21.5 Å². The Labute approximate surface area is 406 Å². The fraction of sp³-hybridized carbons (Fsp3) is 0.480. The van der Waals surface area contributed by atoms with Crippen LogP contribution in [0.25, 0.3) is 5.00 Å². The first-order valence-electron chi connectivity index (χ1n) is 23.1. The van der Waals surface area contributed by atoms with Crippen molar-refractivity contribution >= 4 is 46.4 Å². The number of hydrogen-bond donors (Lipinski definition) is 2. The Morgan fingerprint density at radius 2 is 1.63 bits per heavy atom. The van der Waals surface area contributed by atoms with Crippen molar-refractivity contribution in [2.24, 2.45) is 15.8 Å². The van der Waals surface area contributed by atoms with Gasteiger partial charge in [-0.2, -0.15) is 5.26 Å². The molecule has 5 heterocycles. The van der Waals surface area contributed by atoms with Gasteiger partial charge < -0.3 is 34.5 Å². The van der Waals surface area contributed by atoms with Crippen LogP contribution < -0.4 is 25.0 Å². The van der Waals surface area contributed by atoms with Gasteiger partial charge in [0.1, 0.15) is 47.1 Å². The summed E-state index contributed by atoms with van der Waals surface area (Å²) in [5.74, 6) is 2.98. The summed E-state index contributed by atoms with van der Waals surface area (Å²) in [5, 5.41) is 25.5. The summed E-state index contributed by atoms with van der Waals surface area (Å²) in [4.78, 5) is 43.8. The number of benzene rings is 2. The third-order valence-corrected chi connectivity index (χ3v) is 14.8. The van der Waals surface area contributed by atoms with Crippen molar-refractivity contribution in [1.82, 2.24) is 35.4 Å². The van der Waals surface area contributed by atoms with Crippen molar-refractivity contribution in [2.45, 2.75) is 98.9 Å². The molecule has 1 atom stereocenters. The number of hydrogen-bond acceptors (Lipinski definition) is 14. The minimum absolute atomic E-state index is 0.0838. The zero-order valence-electron chi connectivity index (χ0n) is 39.9. The van der Waals surface area contributed by atoms with Gasteiger partial charge >= 0.3 is 0 Å². The number of nitriles is 1. The molecule has 68 heavy (non-hydrogen) atoms. The number of aromatic nitrogens is 5. The van der Waals surface area contributed by atoms with Crippen LogP contribution in [-0.4, -0.2) is 107 Å². The molecule has 3 aliphatic rings. The molecular weight excluding hydrogens is 904 g/mol. The monoisotopic (exact) mass is 962 g/mol. The molecule has 3 aromatic heterocycles. The largest absolute Gasteiger partial charge is 0.491 e. The van der Waals surface area contributed by atoms with Crippen LogP contribution in [0.1, 0.15) is 109 Å². The quantitative estimate of drug-likeness (QED) is 0.0866. The molecule has 2 N–H and O–H groups in total. The summed E-state index contributed by atoms with van der Waals surface area (Å²) in [6.45, 7) is 20.1. The summed E-state index contributed by atoms with van der Waals surface area (Å²) >= 11 is 7.93. The minimum atomic E-state index is -0.496. The number of halogens is 1. The Morgan fingerprint density at radius 1 is 0.941 bits per heavy atom. The molecule has 2 fully saturated rings. The standard InChI is InChI=1S/C50H59ClN10O6S/c1-9-53-40(62)25-39-43-59-58-31(4)61(43)45-41(29(2)30(3)68-45)42(56-39)32-10-13-35(14-11-32)65-22-20-64-21-23-66-36-16-18-60(19-17-36)48-54-27-34(28-55-48)44(63)57-46-49(5,6)47(50(46,7)8)67-37-15-12-33(26-52)38(51)24-37/h10-15,24,27-28,36,39,46-47H,9,16-23,25H2,1-8H3,(H,53,62)(H,57,63)/t39-,46?,47?/m0/s1. The van der Waals surface area contributed by atoms with Crippen molar-refractivity contribution in [3.05, 3.63) is 104 Å². The second-order valence-electron chi connectivity index (χ2n) is 18.7. The SMILES string of the molecule is CCNC(=O)C[C@@H]1N=C(c2ccc(OCCOCCOC3CCN(c4ncc(C(=O)NC5C(C)(C)C(Oc6ccc(C#N)c(Cl)c6)C5(C)C)cn4)CC3)cc2)c2c(sc(C)c2C)-n2c(C)nnc21. The molecule has 2 aromatic carbocycles. The summed E-state index contributed by atoms with van der Waals surface area (Å²) in [7, 11) is 0. The van der Waals surface area contributed by atoms with Gasteiger partial charge in [-0.1, -0.05) is 39.3 Å². The maximum Gasteiger partial charge on any atom is 0.254 e. The average Bonchev–Trinajstić information content (AvgIpc) is 3.81. The minimum Gasteiger partial charge on any atom is -0.491 e. The number of thiophene rings is 1.